The minimum Gasteiger partial charge on any atom is -0.363 e. The van der Waals surface area contributed by atoms with Crippen molar-refractivity contribution in [3.63, 3.8) is 0 Å². The van der Waals surface area contributed by atoms with Crippen LogP contribution in [0.15, 0.2) is 24.8 Å². The number of aromatic nitrogens is 6. The number of nitrogens with one attached hydrogen (secondary N) is 2. The molecule has 7 heteroatoms. The molecule has 3 heterocycles. The van der Waals surface area contributed by atoms with Crippen LogP contribution in [-0.2, 0) is 6.54 Å². The molecule has 17 heavy (non-hydrogen) atoms. The van der Waals surface area contributed by atoms with Gasteiger partial charge in [0.1, 0.15) is 24.3 Å². The van der Waals surface area contributed by atoms with E-state index in [0.717, 1.165) is 22.9 Å². The van der Waals surface area contributed by atoms with Crippen LogP contribution in [0, 0.1) is 6.92 Å². The van der Waals surface area contributed by atoms with Gasteiger partial charge in [0.25, 0.3) is 0 Å². The summed E-state index contributed by atoms with van der Waals surface area (Å²) in [4.78, 5) is 8.21. The number of hydrogen-bond acceptors (Lipinski definition) is 5. The molecule has 0 unspecified atom stereocenters. The lowest BCUT2D eigenvalue weighted by molar-refractivity contribution is 0.906. The molecule has 0 bridgehead atoms. The number of hydrogen-bond donors (Lipinski definition) is 2. The zero-order valence-electron chi connectivity index (χ0n) is 9.25. The third-order valence-corrected chi connectivity index (χ3v) is 2.43. The summed E-state index contributed by atoms with van der Waals surface area (Å²) in [5, 5.41) is 14.0. The summed E-state index contributed by atoms with van der Waals surface area (Å²) in [6.45, 7) is 2.59. The van der Waals surface area contributed by atoms with Gasteiger partial charge in [-0.1, -0.05) is 0 Å². The zero-order chi connectivity index (χ0) is 11.7. The van der Waals surface area contributed by atoms with Crippen LogP contribution in [-0.4, -0.2) is 29.8 Å². The largest absolute Gasteiger partial charge is 0.363 e. The summed E-state index contributed by atoms with van der Waals surface area (Å²) < 4.78 is 1.75. The van der Waals surface area contributed by atoms with Gasteiger partial charge in [-0.3, -0.25) is 5.10 Å². The lowest BCUT2D eigenvalue weighted by Gasteiger charge is -2.07. The molecule has 3 aromatic rings. The Kier molecular flexibility index (Phi) is 2.21. The van der Waals surface area contributed by atoms with Crippen molar-refractivity contribution in [2.24, 2.45) is 0 Å². The molecule has 0 fully saturated rings. The van der Waals surface area contributed by atoms with Crippen LogP contribution in [0.4, 0.5) is 5.82 Å². The first-order valence-corrected chi connectivity index (χ1v) is 5.21. The van der Waals surface area contributed by atoms with Crippen LogP contribution in [0.5, 0.6) is 0 Å². The summed E-state index contributed by atoms with van der Waals surface area (Å²) in [7, 11) is 0. The van der Waals surface area contributed by atoms with Crippen molar-refractivity contribution in [3.05, 3.63) is 36.2 Å². The van der Waals surface area contributed by atoms with Gasteiger partial charge in [0.2, 0.25) is 0 Å². The topological polar surface area (TPSA) is 83.8 Å². The van der Waals surface area contributed by atoms with Gasteiger partial charge in [-0.2, -0.15) is 14.7 Å². The highest BCUT2D eigenvalue weighted by Gasteiger charge is 2.04. The van der Waals surface area contributed by atoms with Crippen molar-refractivity contribution < 1.29 is 0 Å². The Morgan fingerprint density at radius 3 is 3.06 bits per heavy atom. The first-order valence-electron chi connectivity index (χ1n) is 5.21. The Morgan fingerprint density at radius 1 is 1.29 bits per heavy atom. The maximum absolute atomic E-state index is 4.16. The van der Waals surface area contributed by atoms with E-state index in [9.17, 15) is 0 Å². The monoisotopic (exact) mass is 229 g/mol. The fourth-order valence-electron chi connectivity index (χ4n) is 1.67. The molecular weight excluding hydrogens is 218 g/mol. The average molecular weight is 229 g/mol. The van der Waals surface area contributed by atoms with Gasteiger partial charge in [0, 0.05) is 0 Å². The molecule has 0 saturated carbocycles. The minimum absolute atomic E-state index is 0.568. The number of rotatable bonds is 3. The molecule has 0 saturated heterocycles. The fourth-order valence-corrected chi connectivity index (χ4v) is 1.67. The van der Waals surface area contributed by atoms with Gasteiger partial charge < -0.3 is 5.32 Å². The Bertz CT molecular complexity index is 625. The van der Waals surface area contributed by atoms with Crippen molar-refractivity contribution in [3.8, 4) is 0 Å². The lowest BCUT2D eigenvalue weighted by Crippen LogP contribution is -2.06. The predicted molar refractivity (Wildman–Crippen MR) is 61.4 cm³/mol. The molecule has 7 nitrogen and oxygen atoms in total. The van der Waals surface area contributed by atoms with E-state index in [2.05, 4.69) is 30.6 Å². The van der Waals surface area contributed by atoms with E-state index in [4.69, 9.17) is 0 Å². The second-order valence-electron chi connectivity index (χ2n) is 3.73. The van der Waals surface area contributed by atoms with Gasteiger partial charge in [0.05, 0.1) is 6.54 Å². The number of H-pyrrole nitrogens is 1. The molecule has 86 valence electrons. The van der Waals surface area contributed by atoms with Crippen molar-refractivity contribution in [2.75, 3.05) is 5.32 Å². The molecule has 0 spiro atoms. The first-order chi connectivity index (χ1) is 8.33. The second kappa shape index (κ2) is 3.85. The van der Waals surface area contributed by atoms with Gasteiger partial charge in [-0.15, -0.1) is 0 Å². The van der Waals surface area contributed by atoms with E-state index < -0.39 is 0 Å². The quantitative estimate of drug-likeness (QED) is 0.693. The molecular formula is C10H11N7. The van der Waals surface area contributed by atoms with E-state index in [-0.39, 0.29) is 0 Å². The molecule has 0 radical (unpaired) electrons. The van der Waals surface area contributed by atoms with Crippen LogP contribution < -0.4 is 5.32 Å². The average Bonchev–Trinajstić information content (AvgIpc) is 2.95. The van der Waals surface area contributed by atoms with Crippen LogP contribution in [0.1, 0.15) is 11.4 Å². The first kappa shape index (κ1) is 9.76. The predicted octanol–water partition coefficient (Wildman–Crippen LogP) is 0.768. The minimum atomic E-state index is 0.568. The Labute approximate surface area is 96.9 Å². The Balaban J connectivity index is 1.91. The van der Waals surface area contributed by atoms with E-state index in [1.807, 2.05) is 19.1 Å². The SMILES string of the molecule is Cc1cc(NCc2ncn[nH]2)n2ncnc2c1. The summed E-state index contributed by atoms with van der Waals surface area (Å²) in [6, 6.07) is 3.99. The lowest BCUT2D eigenvalue weighted by atomic mass is 10.3. The van der Waals surface area contributed by atoms with Crippen molar-refractivity contribution in [1.82, 2.24) is 29.8 Å². The zero-order valence-corrected chi connectivity index (χ0v) is 9.25. The highest BCUT2D eigenvalue weighted by molar-refractivity contribution is 5.51. The van der Waals surface area contributed by atoms with Crippen LogP contribution in [0.25, 0.3) is 5.65 Å². The number of pyridine rings is 1. The van der Waals surface area contributed by atoms with Crippen molar-refractivity contribution in [2.45, 2.75) is 13.5 Å². The van der Waals surface area contributed by atoms with Gasteiger partial charge >= 0.3 is 0 Å². The third kappa shape index (κ3) is 1.82. The summed E-state index contributed by atoms with van der Waals surface area (Å²) >= 11 is 0. The van der Waals surface area contributed by atoms with E-state index >= 15 is 0 Å². The van der Waals surface area contributed by atoms with Crippen LogP contribution in [0.3, 0.4) is 0 Å². The Hall–Kier alpha value is -2.44. The Morgan fingerprint density at radius 2 is 2.24 bits per heavy atom. The summed E-state index contributed by atoms with van der Waals surface area (Å²) in [6.07, 6.45) is 3.02. The van der Waals surface area contributed by atoms with E-state index in [1.165, 1.54) is 12.7 Å². The fraction of sp³-hybridized carbons (Fsp3) is 0.200. The maximum atomic E-state index is 4.16. The highest BCUT2D eigenvalue weighted by atomic mass is 15.3. The second-order valence-corrected chi connectivity index (χ2v) is 3.73. The maximum Gasteiger partial charge on any atom is 0.157 e. The molecule has 2 N–H and O–H groups in total. The molecule has 0 aliphatic heterocycles. The molecule has 3 rings (SSSR count). The van der Waals surface area contributed by atoms with Crippen molar-refractivity contribution >= 4 is 11.5 Å². The molecule has 0 atom stereocenters. The van der Waals surface area contributed by atoms with E-state index in [1.54, 1.807) is 4.52 Å². The van der Waals surface area contributed by atoms with Crippen LogP contribution in [0.2, 0.25) is 0 Å². The molecule has 0 aromatic carbocycles. The number of aromatic amines is 1. The summed E-state index contributed by atoms with van der Waals surface area (Å²) in [5.74, 6) is 1.66. The number of anilines is 1. The number of fused-ring (bicyclic) bond motifs is 1. The summed E-state index contributed by atoms with van der Waals surface area (Å²) in [5.41, 5.74) is 1.95. The number of aryl methyl sites for hydroxylation is 1. The van der Waals surface area contributed by atoms with Gasteiger partial charge in [-0.25, -0.2) is 9.97 Å². The third-order valence-electron chi connectivity index (χ3n) is 2.43. The van der Waals surface area contributed by atoms with Gasteiger partial charge in [-0.05, 0) is 24.6 Å². The molecule has 3 aromatic heterocycles. The molecule has 0 amide bonds. The van der Waals surface area contributed by atoms with Gasteiger partial charge in [0.15, 0.2) is 5.65 Å². The number of nitrogens with zero attached hydrogens (tertiary/aromatic N) is 5. The highest BCUT2D eigenvalue weighted by Crippen LogP contribution is 2.13. The molecule has 0 aliphatic rings. The van der Waals surface area contributed by atoms with E-state index in [0.29, 0.717) is 6.54 Å². The normalized spacial score (nSPS) is 10.9. The molecule has 0 aliphatic carbocycles. The standard InChI is InChI=1S/C10H11N7/c1-7-2-9(11-4-8-12-5-14-16-8)17-10(3-7)13-6-15-17/h2-3,5-6,11H,4H2,1H3,(H,12,14,16). The van der Waals surface area contributed by atoms with Crippen LogP contribution >= 0.6 is 0 Å². The van der Waals surface area contributed by atoms with Crippen molar-refractivity contribution in [1.29, 1.82) is 0 Å². The smallest absolute Gasteiger partial charge is 0.157 e.